The molecular weight excluding hydrogens is 346 g/mol. The summed E-state index contributed by atoms with van der Waals surface area (Å²) in [6, 6.07) is 8.05. The van der Waals surface area contributed by atoms with Crippen LogP contribution in [0.3, 0.4) is 0 Å². The van der Waals surface area contributed by atoms with E-state index in [0.717, 1.165) is 50.2 Å². The Morgan fingerprint density at radius 2 is 2.00 bits per heavy atom. The molecular formula is C16H24BrN3O2. The number of nitrogens with zero attached hydrogens (tertiary/aromatic N) is 1. The molecule has 1 saturated heterocycles. The number of hydrogen-bond donors (Lipinski definition) is 2. The van der Waals surface area contributed by atoms with Gasteiger partial charge in [-0.3, -0.25) is 4.90 Å². The van der Waals surface area contributed by atoms with Gasteiger partial charge in [0, 0.05) is 30.7 Å². The quantitative estimate of drug-likeness (QED) is 0.722. The Balaban J connectivity index is 1.50. The number of rotatable bonds is 7. The molecule has 1 fully saturated rings. The van der Waals surface area contributed by atoms with Gasteiger partial charge in [-0.2, -0.15) is 0 Å². The zero-order valence-electron chi connectivity index (χ0n) is 12.8. The van der Waals surface area contributed by atoms with E-state index in [9.17, 15) is 4.79 Å². The molecule has 2 N–H and O–H groups in total. The summed E-state index contributed by atoms with van der Waals surface area (Å²) in [6.45, 7) is 6.01. The van der Waals surface area contributed by atoms with Crippen LogP contribution < -0.4 is 10.6 Å². The first kappa shape index (κ1) is 17.2. The fourth-order valence-corrected chi connectivity index (χ4v) is 2.85. The first-order valence-electron chi connectivity index (χ1n) is 7.80. The number of carbonyl (C=O) groups excluding carboxylic acids is 1. The molecule has 0 aliphatic carbocycles. The predicted molar refractivity (Wildman–Crippen MR) is 91.1 cm³/mol. The van der Waals surface area contributed by atoms with Crippen LogP contribution >= 0.6 is 15.9 Å². The molecule has 122 valence electrons. The topological polar surface area (TPSA) is 53.6 Å². The second kappa shape index (κ2) is 9.82. The lowest BCUT2D eigenvalue weighted by Gasteiger charge is -2.26. The third-order valence-electron chi connectivity index (χ3n) is 3.63. The molecule has 5 nitrogen and oxygen atoms in total. The number of urea groups is 1. The molecule has 1 aromatic carbocycles. The van der Waals surface area contributed by atoms with Crippen molar-refractivity contribution < 1.29 is 9.53 Å². The average Bonchev–Trinajstić information content (AvgIpc) is 2.53. The van der Waals surface area contributed by atoms with E-state index >= 15 is 0 Å². The second-order valence-corrected chi connectivity index (χ2v) is 6.29. The average molecular weight is 370 g/mol. The van der Waals surface area contributed by atoms with Gasteiger partial charge in [0.05, 0.1) is 13.2 Å². The summed E-state index contributed by atoms with van der Waals surface area (Å²) in [5, 5.41) is 5.79. The lowest BCUT2D eigenvalue weighted by Crippen LogP contribution is -2.40. The van der Waals surface area contributed by atoms with Gasteiger partial charge in [0.25, 0.3) is 0 Å². The van der Waals surface area contributed by atoms with E-state index in [2.05, 4.69) is 43.6 Å². The number of ether oxygens (including phenoxy) is 1. The minimum absolute atomic E-state index is 0.0861. The van der Waals surface area contributed by atoms with Crippen molar-refractivity contribution in [1.82, 2.24) is 15.5 Å². The SMILES string of the molecule is O=C(NCCCN1CCOCC1)NCCc1cccc(Br)c1. The van der Waals surface area contributed by atoms with E-state index < -0.39 is 0 Å². The Morgan fingerprint density at radius 1 is 1.23 bits per heavy atom. The zero-order valence-corrected chi connectivity index (χ0v) is 14.4. The van der Waals surface area contributed by atoms with Gasteiger partial charge < -0.3 is 15.4 Å². The van der Waals surface area contributed by atoms with Gasteiger partial charge in [0.15, 0.2) is 0 Å². The maximum atomic E-state index is 11.7. The van der Waals surface area contributed by atoms with Gasteiger partial charge in [-0.1, -0.05) is 28.1 Å². The summed E-state index contributed by atoms with van der Waals surface area (Å²) in [7, 11) is 0. The first-order chi connectivity index (χ1) is 10.7. The smallest absolute Gasteiger partial charge is 0.314 e. The van der Waals surface area contributed by atoms with Gasteiger partial charge >= 0.3 is 6.03 Å². The number of carbonyl (C=O) groups is 1. The van der Waals surface area contributed by atoms with E-state index in [0.29, 0.717) is 13.1 Å². The molecule has 1 heterocycles. The molecule has 0 unspecified atom stereocenters. The Morgan fingerprint density at radius 3 is 2.77 bits per heavy atom. The molecule has 0 aromatic heterocycles. The predicted octanol–water partition coefficient (Wildman–Crippen LogP) is 2.01. The van der Waals surface area contributed by atoms with Gasteiger partial charge in [-0.15, -0.1) is 0 Å². The molecule has 22 heavy (non-hydrogen) atoms. The fraction of sp³-hybridized carbons (Fsp3) is 0.562. The minimum Gasteiger partial charge on any atom is -0.379 e. The number of halogens is 1. The van der Waals surface area contributed by atoms with Crippen LogP contribution in [-0.2, 0) is 11.2 Å². The number of nitrogens with one attached hydrogen (secondary N) is 2. The van der Waals surface area contributed by atoms with E-state index in [-0.39, 0.29) is 6.03 Å². The zero-order chi connectivity index (χ0) is 15.6. The van der Waals surface area contributed by atoms with Crippen LogP contribution in [0.5, 0.6) is 0 Å². The highest BCUT2D eigenvalue weighted by Gasteiger charge is 2.09. The summed E-state index contributed by atoms with van der Waals surface area (Å²) in [5.41, 5.74) is 1.21. The summed E-state index contributed by atoms with van der Waals surface area (Å²) in [6.07, 6.45) is 1.81. The Hall–Kier alpha value is -1.11. The van der Waals surface area contributed by atoms with Crippen molar-refractivity contribution in [3.63, 3.8) is 0 Å². The Kier molecular flexibility index (Phi) is 7.70. The summed E-state index contributed by atoms with van der Waals surface area (Å²) >= 11 is 3.45. The highest BCUT2D eigenvalue weighted by atomic mass is 79.9. The molecule has 2 rings (SSSR count). The van der Waals surface area contributed by atoms with Crippen molar-refractivity contribution in [2.24, 2.45) is 0 Å². The van der Waals surface area contributed by atoms with Crippen LogP contribution in [0.2, 0.25) is 0 Å². The second-order valence-electron chi connectivity index (χ2n) is 5.37. The molecule has 1 aliphatic rings. The molecule has 1 aliphatic heterocycles. The molecule has 6 heteroatoms. The van der Waals surface area contributed by atoms with Crippen LogP contribution in [0.1, 0.15) is 12.0 Å². The number of benzene rings is 1. The van der Waals surface area contributed by atoms with Gasteiger partial charge in [-0.05, 0) is 37.1 Å². The monoisotopic (exact) mass is 369 g/mol. The van der Waals surface area contributed by atoms with Crippen molar-refractivity contribution in [2.75, 3.05) is 45.9 Å². The van der Waals surface area contributed by atoms with E-state index in [1.54, 1.807) is 0 Å². The molecule has 2 amide bonds. The molecule has 1 aromatic rings. The van der Waals surface area contributed by atoms with Crippen LogP contribution in [0.15, 0.2) is 28.7 Å². The normalized spacial score (nSPS) is 15.5. The summed E-state index contributed by atoms with van der Waals surface area (Å²) < 4.78 is 6.38. The highest BCUT2D eigenvalue weighted by Crippen LogP contribution is 2.11. The van der Waals surface area contributed by atoms with Crippen LogP contribution in [0, 0.1) is 0 Å². The molecule has 0 saturated carbocycles. The largest absolute Gasteiger partial charge is 0.379 e. The molecule has 0 radical (unpaired) electrons. The number of morpholine rings is 1. The number of amides is 2. The van der Waals surface area contributed by atoms with Crippen LogP contribution in [0.4, 0.5) is 4.79 Å². The van der Waals surface area contributed by atoms with E-state index in [1.165, 1.54) is 5.56 Å². The Bertz CT molecular complexity index is 464. The maximum Gasteiger partial charge on any atom is 0.314 e. The van der Waals surface area contributed by atoms with Crippen LogP contribution in [0.25, 0.3) is 0 Å². The standard InChI is InChI=1S/C16H24BrN3O2/c17-15-4-1-3-14(13-15)5-7-19-16(21)18-6-2-8-20-9-11-22-12-10-20/h1,3-4,13H,2,5-12H2,(H2,18,19,21). The highest BCUT2D eigenvalue weighted by molar-refractivity contribution is 9.10. The van der Waals surface area contributed by atoms with Crippen molar-refractivity contribution in [2.45, 2.75) is 12.8 Å². The molecule has 0 atom stereocenters. The number of hydrogen-bond acceptors (Lipinski definition) is 3. The lowest BCUT2D eigenvalue weighted by atomic mass is 10.1. The summed E-state index contributed by atoms with van der Waals surface area (Å²) in [5.74, 6) is 0. The van der Waals surface area contributed by atoms with E-state index in [4.69, 9.17) is 4.74 Å². The molecule has 0 bridgehead atoms. The van der Waals surface area contributed by atoms with E-state index in [1.807, 2.05) is 12.1 Å². The van der Waals surface area contributed by atoms with Gasteiger partial charge in [0.2, 0.25) is 0 Å². The first-order valence-corrected chi connectivity index (χ1v) is 8.59. The van der Waals surface area contributed by atoms with Crippen molar-refractivity contribution in [3.8, 4) is 0 Å². The van der Waals surface area contributed by atoms with Gasteiger partial charge in [-0.25, -0.2) is 4.79 Å². The third-order valence-corrected chi connectivity index (χ3v) is 4.12. The summed E-state index contributed by atoms with van der Waals surface area (Å²) in [4.78, 5) is 14.1. The maximum absolute atomic E-state index is 11.7. The lowest BCUT2D eigenvalue weighted by molar-refractivity contribution is 0.0375. The van der Waals surface area contributed by atoms with Crippen molar-refractivity contribution >= 4 is 22.0 Å². The van der Waals surface area contributed by atoms with Crippen molar-refractivity contribution in [1.29, 1.82) is 0 Å². The van der Waals surface area contributed by atoms with Crippen LogP contribution in [-0.4, -0.2) is 56.9 Å². The third kappa shape index (κ3) is 6.77. The van der Waals surface area contributed by atoms with Gasteiger partial charge in [0.1, 0.15) is 0 Å². The molecule has 0 spiro atoms. The van der Waals surface area contributed by atoms with Crippen molar-refractivity contribution in [3.05, 3.63) is 34.3 Å². The Labute approximate surface area is 140 Å². The fourth-order valence-electron chi connectivity index (χ4n) is 2.40. The minimum atomic E-state index is -0.0861.